The molecule has 1 aromatic heterocycles. The molecular weight excluding hydrogens is 324 g/mol. The first kappa shape index (κ1) is 16.3. The van der Waals surface area contributed by atoms with Gasteiger partial charge in [0.25, 0.3) is 11.6 Å². The van der Waals surface area contributed by atoms with Crippen molar-refractivity contribution in [2.45, 2.75) is 13.5 Å². The number of rotatable bonds is 5. The Bertz CT molecular complexity index is 918. The van der Waals surface area contributed by atoms with Crippen molar-refractivity contribution in [1.29, 1.82) is 0 Å². The van der Waals surface area contributed by atoms with Gasteiger partial charge in [0.1, 0.15) is 0 Å². The van der Waals surface area contributed by atoms with Crippen molar-refractivity contribution in [3.8, 4) is 11.4 Å². The summed E-state index contributed by atoms with van der Waals surface area (Å²) in [6, 6.07) is 13.1. The second kappa shape index (κ2) is 6.91. The van der Waals surface area contributed by atoms with Crippen LogP contribution in [-0.4, -0.2) is 21.0 Å². The van der Waals surface area contributed by atoms with E-state index < -0.39 is 10.8 Å². The highest BCUT2D eigenvalue weighted by Crippen LogP contribution is 2.16. The Morgan fingerprint density at radius 2 is 2.00 bits per heavy atom. The van der Waals surface area contributed by atoms with Crippen LogP contribution in [0.1, 0.15) is 21.8 Å². The van der Waals surface area contributed by atoms with Gasteiger partial charge in [0.2, 0.25) is 11.7 Å². The Kier molecular flexibility index (Phi) is 4.51. The lowest BCUT2D eigenvalue weighted by Crippen LogP contribution is -2.23. The lowest BCUT2D eigenvalue weighted by Gasteiger charge is -2.02. The van der Waals surface area contributed by atoms with Crippen LogP contribution in [0, 0.1) is 17.0 Å². The average Bonchev–Trinajstić information content (AvgIpc) is 3.09. The molecule has 3 aromatic rings. The third-order valence-electron chi connectivity index (χ3n) is 3.50. The maximum Gasteiger partial charge on any atom is 0.270 e. The van der Waals surface area contributed by atoms with Crippen LogP contribution < -0.4 is 5.32 Å². The second-order valence-electron chi connectivity index (χ2n) is 5.37. The number of nitrogens with zero attached hydrogens (tertiary/aromatic N) is 3. The van der Waals surface area contributed by atoms with Crippen LogP contribution in [0.3, 0.4) is 0 Å². The summed E-state index contributed by atoms with van der Waals surface area (Å²) in [5.74, 6) is 0.215. The van der Waals surface area contributed by atoms with Gasteiger partial charge >= 0.3 is 0 Å². The Balaban J connectivity index is 1.66. The van der Waals surface area contributed by atoms with E-state index in [4.69, 9.17) is 4.52 Å². The molecule has 0 bridgehead atoms. The first-order valence-corrected chi connectivity index (χ1v) is 7.45. The third kappa shape index (κ3) is 3.86. The van der Waals surface area contributed by atoms with Crippen molar-refractivity contribution in [3.05, 3.63) is 75.7 Å². The highest BCUT2D eigenvalue weighted by molar-refractivity contribution is 5.94. The molecule has 8 nitrogen and oxygen atoms in total. The standard InChI is InChI=1S/C17H14N4O4/c1-11-5-7-12(8-6-11)16-19-15(25-20-16)10-18-17(22)13-3-2-4-14(9-13)21(23)24/h2-9H,10H2,1H3,(H,18,22). The Labute approximate surface area is 142 Å². The number of aromatic nitrogens is 2. The normalized spacial score (nSPS) is 10.4. The van der Waals surface area contributed by atoms with E-state index in [0.29, 0.717) is 5.82 Å². The maximum absolute atomic E-state index is 12.1. The zero-order valence-electron chi connectivity index (χ0n) is 13.3. The van der Waals surface area contributed by atoms with Gasteiger partial charge in [-0.2, -0.15) is 4.98 Å². The third-order valence-corrected chi connectivity index (χ3v) is 3.50. The summed E-state index contributed by atoms with van der Waals surface area (Å²) in [6.07, 6.45) is 0. The van der Waals surface area contributed by atoms with Crippen LogP contribution in [0.2, 0.25) is 0 Å². The van der Waals surface area contributed by atoms with Crippen LogP contribution in [0.4, 0.5) is 5.69 Å². The van der Waals surface area contributed by atoms with E-state index in [2.05, 4.69) is 15.5 Å². The maximum atomic E-state index is 12.1. The summed E-state index contributed by atoms with van der Waals surface area (Å²) in [6.45, 7) is 2.01. The van der Waals surface area contributed by atoms with E-state index in [9.17, 15) is 14.9 Å². The molecule has 0 radical (unpaired) electrons. The van der Waals surface area contributed by atoms with Crippen LogP contribution in [0.5, 0.6) is 0 Å². The van der Waals surface area contributed by atoms with Gasteiger partial charge < -0.3 is 9.84 Å². The van der Waals surface area contributed by atoms with Crippen LogP contribution in [0.15, 0.2) is 53.1 Å². The molecule has 1 amide bonds. The van der Waals surface area contributed by atoms with Crippen molar-refractivity contribution in [2.75, 3.05) is 0 Å². The second-order valence-corrected chi connectivity index (χ2v) is 5.37. The molecule has 0 unspecified atom stereocenters. The molecule has 0 saturated heterocycles. The fraction of sp³-hybridized carbons (Fsp3) is 0.118. The Hall–Kier alpha value is -3.55. The van der Waals surface area contributed by atoms with Crippen molar-refractivity contribution >= 4 is 11.6 Å². The van der Waals surface area contributed by atoms with Crippen LogP contribution in [0.25, 0.3) is 11.4 Å². The van der Waals surface area contributed by atoms with Gasteiger partial charge in [0, 0.05) is 23.3 Å². The number of amides is 1. The van der Waals surface area contributed by atoms with Gasteiger partial charge in [-0.25, -0.2) is 0 Å². The van der Waals surface area contributed by atoms with Gasteiger partial charge in [-0.05, 0) is 13.0 Å². The molecular formula is C17H14N4O4. The lowest BCUT2D eigenvalue weighted by molar-refractivity contribution is -0.384. The van der Waals surface area contributed by atoms with E-state index in [0.717, 1.165) is 11.1 Å². The van der Waals surface area contributed by atoms with Gasteiger partial charge in [0.05, 0.1) is 11.5 Å². The molecule has 126 valence electrons. The SMILES string of the molecule is Cc1ccc(-c2noc(CNC(=O)c3cccc([N+](=O)[O-])c3)n2)cc1. The molecule has 25 heavy (non-hydrogen) atoms. The summed E-state index contributed by atoms with van der Waals surface area (Å²) < 4.78 is 5.11. The summed E-state index contributed by atoms with van der Waals surface area (Å²) in [5, 5.41) is 17.2. The van der Waals surface area contributed by atoms with E-state index in [-0.39, 0.29) is 23.7 Å². The summed E-state index contributed by atoms with van der Waals surface area (Å²) in [4.78, 5) is 26.5. The van der Waals surface area contributed by atoms with Gasteiger partial charge in [0.15, 0.2) is 0 Å². The molecule has 0 fully saturated rings. The molecule has 0 aliphatic carbocycles. The number of hydrogen-bond acceptors (Lipinski definition) is 6. The highest BCUT2D eigenvalue weighted by Gasteiger charge is 2.13. The number of hydrogen-bond donors (Lipinski definition) is 1. The molecule has 1 N–H and O–H groups in total. The van der Waals surface area contributed by atoms with E-state index in [1.807, 2.05) is 31.2 Å². The fourth-order valence-electron chi connectivity index (χ4n) is 2.17. The van der Waals surface area contributed by atoms with Crippen molar-refractivity contribution in [3.63, 3.8) is 0 Å². The number of benzene rings is 2. The zero-order chi connectivity index (χ0) is 17.8. The average molecular weight is 338 g/mol. The van der Waals surface area contributed by atoms with Crippen molar-refractivity contribution in [1.82, 2.24) is 15.5 Å². The number of non-ortho nitro benzene ring substituents is 1. The first-order valence-electron chi connectivity index (χ1n) is 7.45. The molecule has 3 rings (SSSR count). The quantitative estimate of drug-likeness (QED) is 0.565. The number of carbonyl (C=O) groups excluding carboxylic acids is 1. The monoisotopic (exact) mass is 338 g/mol. The Morgan fingerprint density at radius 3 is 2.72 bits per heavy atom. The molecule has 0 aliphatic heterocycles. The lowest BCUT2D eigenvalue weighted by atomic mass is 10.1. The molecule has 2 aromatic carbocycles. The topological polar surface area (TPSA) is 111 Å². The van der Waals surface area contributed by atoms with E-state index in [1.54, 1.807) is 0 Å². The minimum Gasteiger partial charge on any atom is -0.343 e. The van der Waals surface area contributed by atoms with Crippen LogP contribution >= 0.6 is 0 Å². The first-order chi connectivity index (χ1) is 12.0. The molecule has 0 atom stereocenters. The molecule has 0 saturated carbocycles. The summed E-state index contributed by atoms with van der Waals surface area (Å²) >= 11 is 0. The zero-order valence-corrected chi connectivity index (χ0v) is 13.3. The molecule has 8 heteroatoms. The number of carbonyl (C=O) groups is 1. The van der Waals surface area contributed by atoms with Crippen LogP contribution in [-0.2, 0) is 6.54 Å². The minimum atomic E-state index is -0.553. The predicted molar refractivity (Wildman–Crippen MR) is 88.7 cm³/mol. The van der Waals surface area contributed by atoms with Crippen molar-refractivity contribution in [2.24, 2.45) is 0 Å². The number of nitro benzene ring substituents is 1. The smallest absolute Gasteiger partial charge is 0.270 e. The Morgan fingerprint density at radius 1 is 1.24 bits per heavy atom. The van der Waals surface area contributed by atoms with Gasteiger partial charge in [-0.15, -0.1) is 0 Å². The molecule has 1 heterocycles. The molecule has 0 spiro atoms. The fourth-order valence-corrected chi connectivity index (χ4v) is 2.17. The number of nitrogens with one attached hydrogen (secondary N) is 1. The highest BCUT2D eigenvalue weighted by atomic mass is 16.6. The summed E-state index contributed by atoms with van der Waals surface area (Å²) in [5.41, 5.74) is 1.97. The summed E-state index contributed by atoms with van der Waals surface area (Å²) in [7, 11) is 0. The minimum absolute atomic E-state index is 0.0282. The predicted octanol–water partition coefficient (Wildman–Crippen LogP) is 2.88. The van der Waals surface area contributed by atoms with E-state index >= 15 is 0 Å². The van der Waals surface area contributed by atoms with E-state index in [1.165, 1.54) is 24.3 Å². The number of nitro groups is 1. The number of aryl methyl sites for hydroxylation is 1. The molecule has 0 aliphatic rings. The van der Waals surface area contributed by atoms with Gasteiger partial charge in [-0.1, -0.05) is 41.1 Å². The largest absolute Gasteiger partial charge is 0.343 e. The van der Waals surface area contributed by atoms with Gasteiger partial charge in [-0.3, -0.25) is 14.9 Å². The van der Waals surface area contributed by atoms with Crippen molar-refractivity contribution < 1.29 is 14.2 Å².